The van der Waals surface area contributed by atoms with Gasteiger partial charge in [-0.1, -0.05) is 31.4 Å². The summed E-state index contributed by atoms with van der Waals surface area (Å²) in [5.41, 5.74) is 1.05. The van der Waals surface area contributed by atoms with E-state index >= 15 is 0 Å². The lowest BCUT2D eigenvalue weighted by atomic mass is 9.85. The molecule has 1 aromatic heterocycles. The smallest absolute Gasteiger partial charge is 0.137 e. The van der Waals surface area contributed by atoms with Crippen molar-refractivity contribution in [3.63, 3.8) is 0 Å². The van der Waals surface area contributed by atoms with Crippen LogP contribution < -0.4 is 4.90 Å². The third-order valence-electron chi connectivity index (χ3n) is 4.86. The lowest BCUT2D eigenvalue weighted by Crippen LogP contribution is -2.36. The predicted octanol–water partition coefficient (Wildman–Crippen LogP) is 4.16. The molecule has 2 heterocycles. The van der Waals surface area contributed by atoms with Gasteiger partial charge in [-0.25, -0.2) is 9.97 Å². The third kappa shape index (κ3) is 2.52. The van der Waals surface area contributed by atoms with Gasteiger partial charge in [-0.2, -0.15) is 0 Å². The Morgan fingerprint density at radius 2 is 2.00 bits per heavy atom. The van der Waals surface area contributed by atoms with Gasteiger partial charge in [0.15, 0.2) is 0 Å². The Balaban J connectivity index is 1.92. The summed E-state index contributed by atoms with van der Waals surface area (Å²) in [5, 5.41) is 0.637. The van der Waals surface area contributed by atoms with Gasteiger partial charge >= 0.3 is 0 Å². The van der Waals surface area contributed by atoms with E-state index in [1.54, 1.807) is 0 Å². The highest BCUT2D eigenvalue weighted by Gasteiger charge is 2.37. The molecule has 2 atom stereocenters. The monoisotopic (exact) mass is 293 g/mol. The van der Waals surface area contributed by atoms with Crippen molar-refractivity contribution in [3.05, 3.63) is 16.5 Å². The predicted molar refractivity (Wildman–Crippen MR) is 83.5 cm³/mol. The maximum Gasteiger partial charge on any atom is 0.137 e. The van der Waals surface area contributed by atoms with E-state index in [-0.39, 0.29) is 0 Å². The van der Waals surface area contributed by atoms with Crippen LogP contribution in [0.15, 0.2) is 0 Å². The largest absolute Gasteiger partial charge is 0.353 e. The van der Waals surface area contributed by atoms with Crippen LogP contribution in [0.25, 0.3) is 0 Å². The van der Waals surface area contributed by atoms with Crippen molar-refractivity contribution in [2.45, 2.75) is 64.8 Å². The first-order valence-electron chi connectivity index (χ1n) is 8.00. The van der Waals surface area contributed by atoms with Gasteiger partial charge in [-0.15, -0.1) is 0 Å². The molecule has 1 aliphatic heterocycles. The molecule has 1 aromatic rings. The van der Waals surface area contributed by atoms with Gasteiger partial charge < -0.3 is 4.90 Å². The summed E-state index contributed by atoms with van der Waals surface area (Å²) < 4.78 is 0. The van der Waals surface area contributed by atoms with Crippen LogP contribution in [0.3, 0.4) is 0 Å². The van der Waals surface area contributed by atoms with E-state index in [4.69, 9.17) is 16.6 Å². The molecular formula is C16H24ClN3. The third-order valence-corrected chi connectivity index (χ3v) is 5.23. The lowest BCUT2D eigenvalue weighted by Gasteiger charge is -2.33. The van der Waals surface area contributed by atoms with Crippen molar-refractivity contribution in [2.24, 2.45) is 5.92 Å². The first-order valence-corrected chi connectivity index (χ1v) is 8.38. The van der Waals surface area contributed by atoms with Gasteiger partial charge in [-0.3, -0.25) is 0 Å². The molecule has 20 heavy (non-hydrogen) atoms. The van der Waals surface area contributed by atoms with Crippen LogP contribution in [0.1, 0.15) is 56.8 Å². The maximum absolute atomic E-state index is 6.33. The van der Waals surface area contributed by atoms with Crippen LogP contribution >= 0.6 is 11.6 Å². The second kappa shape index (κ2) is 5.88. The summed E-state index contributed by atoms with van der Waals surface area (Å²) in [7, 11) is 0. The number of aromatic nitrogens is 2. The van der Waals surface area contributed by atoms with E-state index in [0.29, 0.717) is 11.2 Å². The summed E-state index contributed by atoms with van der Waals surface area (Å²) in [4.78, 5) is 11.8. The quantitative estimate of drug-likeness (QED) is 0.784. The molecule has 0 bridgehead atoms. The molecule has 4 heteroatoms. The molecule has 2 fully saturated rings. The normalized spacial score (nSPS) is 25.9. The number of aryl methyl sites for hydroxylation is 1. The second-order valence-corrected chi connectivity index (χ2v) is 6.58. The minimum Gasteiger partial charge on any atom is -0.353 e. The average Bonchev–Trinajstić information content (AvgIpc) is 2.87. The molecule has 1 aliphatic carbocycles. The Morgan fingerprint density at radius 3 is 2.80 bits per heavy atom. The zero-order chi connectivity index (χ0) is 14.1. The van der Waals surface area contributed by atoms with E-state index in [1.807, 2.05) is 0 Å². The highest BCUT2D eigenvalue weighted by Crippen LogP contribution is 2.39. The Labute approximate surface area is 126 Å². The van der Waals surface area contributed by atoms with Crippen molar-refractivity contribution in [1.82, 2.24) is 9.97 Å². The highest BCUT2D eigenvalue weighted by atomic mass is 35.5. The first-order chi connectivity index (χ1) is 9.70. The van der Waals surface area contributed by atoms with Crippen molar-refractivity contribution >= 4 is 17.4 Å². The van der Waals surface area contributed by atoms with E-state index in [1.165, 1.54) is 32.1 Å². The molecular weight excluding hydrogens is 270 g/mol. The van der Waals surface area contributed by atoms with Crippen LogP contribution in [0, 0.1) is 12.8 Å². The van der Waals surface area contributed by atoms with E-state index in [9.17, 15) is 0 Å². The average molecular weight is 294 g/mol. The standard InChI is InChI=1S/C16H24ClN3/c1-3-6-14-18-15(17)11(2)16(19-14)20-10-9-12-7-4-5-8-13(12)20/h12-13H,3-10H2,1-2H3. The number of rotatable bonds is 3. The molecule has 0 aromatic carbocycles. The second-order valence-electron chi connectivity index (χ2n) is 6.22. The van der Waals surface area contributed by atoms with E-state index in [2.05, 4.69) is 23.7 Å². The van der Waals surface area contributed by atoms with Gasteiger partial charge in [0.2, 0.25) is 0 Å². The van der Waals surface area contributed by atoms with Gasteiger partial charge in [0.1, 0.15) is 16.8 Å². The van der Waals surface area contributed by atoms with Gasteiger partial charge in [0.05, 0.1) is 0 Å². The summed E-state index contributed by atoms with van der Waals surface area (Å²) in [6, 6.07) is 0.683. The Hall–Kier alpha value is -0.830. The minimum atomic E-state index is 0.637. The maximum atomic E-state index is 6.33. The molecule has 2 unspecified atom stereocenters. The first kappa shape index (κ1) is 14.1. The number of hydrogen-bond acceptors (Lipinski definition) is 3. The molecule has 110 valence electrons. The fourth-order valence-electron chi connectivity index (χ4n) is 3.80. The van der Waals surface area contributed by atoms with Gasteiger partial charge in [0, 0.05) is 24.6 Å². The summed E-state index contributed by atoms with van der Waals surface area (Å²) in [6.07, 6.45) is 8.75. The Bertz CT molecular complexity index is 489. The Kier molecular flexibility index (Phi) is 4.16. The fourth-order valence-corrected chi connectivity index (χ4v) is 3.99. The summed E-state index contributed by atoms with van der Waals surface area (Å²) in [5.74, 6) is 2.87. The van der Waals surface area contributed by atoms with Crippen LogP contribution in [-0.2, 0) is 6.42 Å². The number of hydrogen-bond donors (Lipinski definition) is 0. The molecule has 0 spiro atoms. The van der Waals surface area contributed by atoms with Crippen molar-refractivity contribution in [2.75, 3.05) is 11.4 Å². The van der Waals surface area contributed by atoms with Crippen LogP contribution in [0.5, 0.6) is 0 Å². The van der Waals surface area contributed by atoms with Crippen LogP contribution in [0.2, 0.25) is 5.15 Å². The zero-order valence-corrected chi connectivity index (χ0v) is 13.3. The SMILES string of the molecule is CCCc1nc(Cl)c(C)c(N2CCC3CCCCC32)n1. The Morgan fingerprint density at radius 1 is 1.20 bits per heavy atom. The topological polar surface area (TPSA) is 29.0 Å². The van der Waals surface area contributed by atoms with E-state index in [0.717, 1.165) is 42.5 Å². The zero-order valence-electron chi connectivity index (χ0n) is 12.5. The van der Waals surface area contributed by atoms with Crippen LogP contribution in [0.4, 0.5) is 5.82 Å². The molecule has 3 rings (SSSR count). The van der Waals surface area contributed by atoms with E-state index < -0.39 is 0 Å². The minimum absolute atomic E-state index is 0.637. The number of halogens is 1. The fraction of sp³-hybridized carbons (Fsp3) is 0.750. The summed E-state index contributed by atoms with van der Waals surface area (Å²) in [6.45, 7) is 5.35. The molecule has 1 saturated heterocycles. The number of anilines is 1. The molecule has 3 nitrogen and oxygen atoms in total. The summed E-state index contributed by atoms with van der Waals surface area (Å²) >= 11 is 6.33. The number of fused-ring (bicyclic) bond motifs is 1. The molecule has 0 N–H and O–H groups in total. The molecule has 2 aliphatic rings. The molecule has 1 saturated carbocycles. The van der Waals surface area contributed by atoms with Crippen LogP contribution in [-0.4, -0.2) is 22.6 Å². The van der Waals surface area contributed by atoms with Crippen molar-refractivity contribution in [1.29, 1.82) is 0 Å². The molecule has 0 radical (unpaired) electrons. The molecule has 0 amide bonds. The highest BCUT2D eigenvalue weighted by molar-refractivity contribution is 6.30. The van der Waals surface area contributed by atoms with Gasteiger partial charge in [0.25, 0.3) is 0 Å². The lowest BCUT2D eigenvalue weighted by molar-refractivity contribution is 0.341. The van der Waals surface area contributed by atoms with Crippen molar-refractivity contribution in [3.8, 4) is 0 Å². The van der Waals surface area contributed by atoms with Gasteiger partial charge in [-0.05, 0) is 38.5 Å². The van der Waals surface area contributed by atoms with Crippen molar-refractivity contribution < 1.29 is 0 Å². The number of nitrogens with zero attached hydrogens (tertiary/aromatic N) is 3.